The second kappa shape index (κ2) is 9.85. The van der Waals surface area contributed by atoms with E-state index < -0.39 is 0 Å². The third-order valence-electron chi connectivity index (χ3n) is 5.85. The molecule has 1 N–H and O–H groups in total. The molecule has 1 aromatic heterocycles. The van der Waals surface area contributed by atoms with E-state index >= 15 is 0 Å². The van der Waals surface area contributed by atoms with E-state index in [-0.39, 0.29) is 24.3 Å². The number of benzene rings is 2. The van der Waals surface area contributed by atoms with Gasteiger partial charge >= 0.3 is 0 Å². The summed E-state index contributed by atoms with van der Waals surface area (Å²) in [4.78, 5) is 27.6. The SMILES string of the molecule is COc1cccc(-n2cc(CNC(=O)C3CCCN(C(=O)c4cc(C)cc(C)c4)C3)nn2)c1. The van der Waals surface area contributed by atoms with E-state index in [1.165, 1.54) is 0 Å². The van der Waals surface area contributed by atoms with Crippen molar-refractivity contribution >= 4 is 11.8 Å². The second-order valence-corrected chi connectivity index (χ2v) is 8.54. The molecule has 0 spiro atoms. The first-order valence-electron chi connectivity index (χ1n) is 11.1. The van der Waals surface area contributed by atoms with Gasteiger partial charge in [-0.15, -0.1) is 5.10 Å². The van der Waals surface area contributed by atoms with Crippen molar-refractivity contribution in [2.45, 2.75) is 33.2 Å². The molecule has 2 heterocycles. The van der Waals surface area contributed by atoms with Crippen LogP contribution in [0.3, 0.4) is 0 Å². The molecule has 0 radical (unpaired) electrons. The number of nitrogens with zero attached hydrogens (tertiary/aromatic N) is 4. The summed E-state index contributed by atoms with van der Waals surface area (Å²) in [7, 11) is 1.61. The molecule has 0 aliphatic carbocycles. The van der Waals surface area contributed by atoms with Gasteiger partial charge in [0.15, 0.2) is 0 Å². The number of ether oxygens (including phenoxy) is 1. The average Bonchev–Trinajstić information content (AvgIpc) is 3.30. The first kappa shape index (κ1) is 22.5. The lowest BCUT2D eigenvalue weighted by Crippen LogP contribution is -2.45. The Morgan fingerprint density at radius 2 is 1.94 bits per heavy atom. The Hall–Kier alpha value is -3.68. The molecule has 8 heteroatoms. The van der Waals surface area contributed by atoms with Crippen molar-refractivity contribution in [3.8, 4) is 11.4 Å². The number of aromatic nitrogens is 3. The maximum atomic E-state index is 13.0. The maximum absolute atomic E-state index is 13.0. The average molecular weight is 448 g/mol. The Balaban J connectivity index is 1.35. The fraction of sp³-hybridized carbons (Fsp3) is 0.360. The zero-order valence-corrected chi connectivity index (χ0v) is 19.2. The number of carbonyl (C=O) groups is 2. The van der Waals surface area contributed by atoms with Gasteiger partial charge < -0.3 is 15.0 Å². The number of piperidine rings is 1. The van der Waals surface area contributed by atoms with Gasteiger partial charge in [0.25, 0.3) is 5.91 Å². The standard InChI is InChI=1S/C25H29N5O3/c1-17-10-18(2)12-20(11-17)25(32)29-9-5-6-19(15-29)24(31)26-14-21-16-30(28-27-21)22-7-4-8-23(13-22)33-3/h4,7-8,10-13,16,19H,5-6,9,14-15H2,1-3H3,(H,26,31). The molecule has 1 atom stereocenters. The Bertz CT molecular complexity index is 1140. The van der Waals surface area contributed by atoms with Crippen LogP contribution in [0.25, 0.3) is 5.69 Å². The summed E-state index contributed by atoms with van der Waals surface area (Å²) in [5, 5.41) is 11.3. The molecule has 0 bridgehead atoms. The van der Waals surface area contributed by atoms with Crippen LogP contribution in [0.4, 0.5) is 0 Å². The fourth-order valence-electron chi connectivity index (χ4n) is 4.24. The van der Waals surface area contributed by atoms with Crippen LogP contribution in [0.5, 0.6) is 5.75 Å². The summed E-state index contributed by atoms with van der Waals surface area (Å²) in [6, 6.07) is 13.4. The lowest BCUT2D eigenvalue weighted by Gasteiger charge is -2.32. The van der Waals surface area contributed by atoms with E-state index in [9.17, 15) is 9.59 Å². The van der Waals surface area contributed by atoms with Crippen LogP contribution in [0.2, 0.25) is 0 Å². The van der Waals surface area contributed by atoms with Crippen LogP contribution < -0.4 is 10.1 Å². The molecule has 3 aromatic rings. The number of amides is 2. The van der Waals surface area contributed by atoms with E-state index in [1.807, 2.05) is 56.3 Å². The first-order chi connectivity index (χ1) is 15.9. The number of aryl methyl sites for hydroxylation is 2. The highest BCUT2D eigenvalue weighted by atomic mass is 16.5. The zero-order valence-electron chi connectivity index (χ0n) is 19.2. The summed E-state index contributed by atoms with van der Waals surface area (Å²) in [5.74, 6) is 0.418. The summed E-state index contributed by atoms with van der Waals surface area (Å²) in [5.41, 5.74) is 4.29. The number of methoxy groups -OCH3 is 1. The normalized spacial score (nSPS) is 15.8. The minimum Gasteiger partial charge on any atom is -0.497 e. The number of hydrogen-bond acceptors (Lipinski definition) is 5. The molecular formula is C25H29N5O3. The molecule has 8 nitrogen and oxygen atoms in total. The van der Waals surface area contributed by atoms with Crippen molar-refractivity contribution in [3.63, 3.8) is 0 Å². The van der Waals surface area contributed by atoms with Crippen LogP contribution in [0.15, 0.2) is 48.7 Å². The van der Waals surface area contributed by atoms with Gasteiger partial charge in [-0.2, -0.15) is 0 Å². The second-order valence-electron chi connectivity index (χ2n) is 8.54. The fourth-order valence-corrected chi connectivity index (χ4v) is 4.24. The predicted molar refractivity (Wildman–Crippen MR) is 124 cm³/mol. The van der Waals surface area contributed by atoms with Gasteiger partial charge in [0.2, 0.25) is 5.91 Å². The minimum atomic E-state index is -0.234. The number of hydrogen-bond donors (Lipinski definition) is 1. The third-order valence-corrected chi connectivity index (χ3v) is 5.85. The van der Waals surface area contributed by atoms with Crippen LogP contribution >= 0.6 is 0 Å². The molecular weight excluding hydrogens is 418 g/mol. The predicted octanol–water partition coefficient (Wildman–Crippen LogP) is 3.06. The van der Waals surface area contributed by atoms with E-state index in [4.69, 9.17) is 4.74 Å². The van der Waals surface area contributed by atoms with E-state index in [0.29, 0.717) is 24.3 Å². The number of carbonyl (C=O) groups excluding carboxylic acids is 2. The summed E-state index contributed by atoms with van der Waals surface area (Å²) in [6.07, 6.45) is 3.35. The number of rotatable bonds is 6. The topological polar surface area (TPSA) is 89.4 Å². The maximum Gasteiger partial charge on any atom is 0.253 e. The Morgan fingerprint density at radius 1 is 1.15 bits per heavy atom. The van der Waals surface area contributed by atoms with Crippen molar-refractivity contribution in [2.75, 3.05) is 20.2 Å². The van der Waals surface area contributed by atoms with Crippen LogP contribution in [0.1, 0.15) is 40.0 Å². The van der Waals surface area contributed by atoms with Gasteiger partial charge in [-0.3, -0.25) is 9.59 Å². The monoisotopic (exact) mass is 447 g/mol. The minimum absolute atomic E-state index is 0.0134. The lowest BCUT2D eigenvalue weighted by molar-refractivity contribution is -0.126. The molecule has 1 unspecified atom stereocenters. The largest absolute Gasteiger partial charge is 0.497 e. The summed E-state index contributed by atoms with van der Waals surface area (Å²) < 4.78 is 6.90. The number of nitrogens with one attached hydrogen (secondary N) is 1. The zero-order chi connectivity index (χ0) is 23.4. The van der Waals surface area contributed by atoms with Gasteiger partial charge in [0.1, 0.15) is 11.4 Å². The highest BCUT2D eigenvalue weighted by Crippen LogP contribution is 2.20. The molecule has 4 rings (SSSR count). The Morgan fingerprint density at radius 3 is 2.70 bits per heavy atom. The molecule has 2 aromatic carbocycles. The van der Waals surface area contributed by atoms with Gasteiger partial charge in [0.05, 0.1) is 31.5 Å². The van der Waals surface area contributed by atoms with Crippen molar-refractivity contribution in [1.29, 1.82) is 0 Å². The Labute approximate surface area is 193 Å². The molecule has 0 saturated carbocycles. The molecule has 1 aliphatic heterocycles. The van der Waals surface area contributed by atoms with Crippen LogP contribution in [-0.4, -0.2) is 51.9 Å². The first-order valence-corrected chi connectivity index (χ1v) is 11.1. The molecule has 1 aliphatic rings. The van der Waals surface area contributed by atoms with Crippen LogP contribution in [-0.2, 0) is 11.3 Å². The third kappa shape index (κ3) is 5.39. The highest BCUT2D eigenvalue weighted by Gasteiger charge is 2.29. The van der Waals surface area contributed by atoms with Crippen molar-refractivity contribution in [3.05, 3.63) is 71.0 Å². The van der Waals surface area contributed by atoms with Gasteiger partial charge in [0, 0.05) is 24.7 Å². The molecule has 2 amide bonds. The van der Waals surface area contributed by atoms with Crippen LogP contribution in [0, 0.1) is 19.8 Å². The van der Waals surface area contributed by atoms with E-state index in [1.54, 1.807) is 22.9 Å². The van der Waals surface area contributed by atoms with Crippen molar-refractivity contribution in [2.24, 2.45) is 5.92 Å². The van der Waals surface area contributed by atoms with Crippen molar-refractivity contribution < 1.29 is 14.3 Å². The summed E-state index contributed by atoms with van der Waals surface area (Å²) >= 11 is 0. The van der Waals surface area contributed by atoms with E-state index in [2.05, 4.69) is 15.6 Å². The van der Waals surface area contributed by atoms with Gasteiger partial charge in [-0.25, -0.2) is 4.68 Å². The van der Waals surface area contributed by atoms with Crippen molar-refractivity contribution in [1.82, 2.24) is 25.2 Å². The van der Waals surface area contributed by atoms with Gasteiger partial charge in [-0.1, -0.05) is 28.5 Å². The smallest absolute Gasteiger partial charge is 0.253 e. The molecule has 1 saturated heterocycles. The molecule has 33 heavy (non-hydrogen) atoms. The Kier molecular flexibility index (Phi) is 6.72. The quantitative estimate of drug-likeness (QED) is 0.627. The molecule has 1 fully saturated rings. The van der Waals surface area contributed by atoms with Gasteiger partial charge in [-0.05, 0) is 51.0 Å². The lowest BCUT2D eigenvalue weighted by atomic mass is 9.96. The molecule has 172 valence electrons. The summed E-state index contributed by atoms with van der Waals surface area (Å²) in [6.45, 7) is 5.35. The van der Waals surface area contributed by atoms with E-state index in [0.717, 1.165) is 35.4 Å². The number of likely N-dealkylation sites (tertiary alicyclic amines) is 1. The highest BCUT2D eigenvalue weighted by molar-refractivity contribution is 5.95.